The van der Waals surface area contributed by atoms with Crippen molar-refractivity contribution in [2.75, 3.05) is 0 Å². The predicted octanol–water partition coefficient (Wildman–Crippen LogP) is 3.69. The molecule has 0 N–H and O–H groups in total. The number of hydrogen-bond acceptors (Lipinski definition) is 2. The van der Waals surface area contributed by atoms with E-state index < -0.39 is 0 Å². The molecule has 1 heterocycles. The van der Waals surface area contributed by atoms with Crippen LogP contribution in [0.15, 0.2) is 40.9 Å². The Hall–Kier alpha value is -1.28. The second kappa shape index (κ2) is 5.57. The summed E-state index contributed by atoms with van der Waals surface area (Å²) in [5.74, 6) is 0.0231. The van der Waals surface area contributed by atoms with Crippen LogP contribution in [0.3, 0.4) is 0 Å². The van der Waals surface area contributed by atoms with Gasteiger partial charge in [0.1, 0.15) is 6.10 Å². The summed E-state index contributed by atoms with van der Waals surface area (Å²) >= 11 is 6.25. The highest BCUT2D eigenvalue weighted by Gasteiger charge is 2.40. The SMILES string of the molecule is CC(C)C1OC(=O)/C1=C(/Cl)CCc1ccccc1. The zero-order chi connectivity index (χ0) is 13.1. The second-order valence-electron chi connectivity index (χ2n) is 4.87. The number of ether oxygens (including phenoxy) is 1. The molecule has 1 unspecified atom stereocenters. The van der Waals surface area contributed by atoms with Crippen LogP contribution in [-0.2, 0) is 16.0 Å². The Labute approximate surface area is 113 Å². The molecule has 0 saturated carbocycles. The standard InChI is InChI=1S/C15H17ClO2/c1-10(2)14-13(15(17)18-14)12(16)9-8-11-6-4-3-5-7-11/h3-7,10,14H,8-9H2,1-2H3/b13-12+. The molecule has 96 valence electrons. The van der Waals surface area contributed by atoms with Gasteiger partial charge in [0, 0.05) is 5.03 Å². The summed E-state index contributed by atoms with van der Waals surface area (Å²) in [6.07, 6.45) is 1.42. The average molecular weight is 265 g/mol. The molecule has 0 aliphatic carbocycles. The van der Waals surface area contributed by atoms with E-state index in [1.807, 2.05) is 32.0 Å². The van der Waals surface area contributed by atoms with Crippen molar-refractivity contribution in [3.63, 3.8) is 0 Å². The van der Waals surface area contributed by atoms with Crippen LogP contribution >= 0.6 is 11.6 Å². The van der Waals surface area contributed by atoms with Crippen molar-refractivity contribution in [2.45, 2.75) is 32.8 Å². The first-order chi connectivity index (χ1) is 8.59. The van der Waals surface area contributed by atoms with Crippen molar-refractivity contribution >= 4 is 17.6 Å². The topological polar surface area (TPSA) is 26.3 Å². The minimum atomic E-state index is -0.258. The normalized spacial score (nSPS) is 21.6. The number of rotatable bonds is 4. The fourth-order valence-corrected chi connectivity index (χ4v) is 2.34. The van der Waals surface area contributed by atoms with E-state index in [4.69, 9.17) is 16.3 Å². The van der Waals surface area contributed by atoms with Gasteiger partial charge in [0.2, 0.25) is 0 Å². The van der Waals surface area contributed by atoms with Gasteiger partial charge in [-0.05, 0) is 24.3 Å². The third-order valence-electron chi connectivity index (χ3n) is 3.11. The van der Waals surface area contributed by atoms with Crippen LogP contribution in [0.1, 0.15) is 25.8 Å². The molecule has 1 aromatic rings. The lowest BCUT2D eigenvalue weighted by Gasteiger charge is -2.33. The van der Waals surface area contributed by atoms with Gasteiger partial charge in [-0.2, -0.15) is 0 Å². The van der Waals surface area contributed by atoms with Crippen LogP contribution < -0.4 is 0 Å². The number of allylic oxidation sites excluding steroid dienone is 1. The Morgan fingerprint density at radius 2 is 2.00 bits per heavy atom. The minimum Gasteiger partial charge on any atom is -0.453 e. The highest BCUT2D eigenvalue weighted by atomic mass is 35.5. The molecule has 18 heavy (non-hydrogen) atoms. The molecule has 1 saturated heterocycles. The van der Waals surface area contributed by atoms with E-state index in [0.717, 1.165) is 6.42 Å². The summed E-state index contributed by atoms with van der Waals surface area (Å²) in [6, 6.07) is 10.1. The number of carbonyl (C=O) groups excluding carboxylic acids is 1. The highest BCUT2D eigenvalue weighted by molar-refractivity contribution is 6.32. The van der Waals surface area contributed by atoms with Gasteiger partial charge in [-0.25, -0.2) is 4.79 Å². The molecule has 0 radical (unpaired) electrons. The third-order valence-corrected chi connectivity index (χ3v) is 3.50. The quantitative estimate of drug-likeness (QED) is 0.612. The molecule has 2 nitrogen and oxygen atoms in total. The number of aryl methyl sites for hydroxylation is 1. The molecule has 3 heteroatoms. The molecule has 0 spiro atoms. The van der Waals surface area contributed by atoms with Gasteiger partial charge in [-0.3, -0.25) is 0 Å². The lowest BCUT2D eigenvalue weighted by Crippen LogP contribution is -2.41. The molecule has 2 rings (SSSR count). The van der Waals surface area contributed by atoms with Crippen LogP contribution in [0.2, 0.25) is 0 Å². The first-order valence-electron chi connectivity index (χ1n) is 6.23. The molecule has 0 bridgehead atoms. The van der Waals surface area contributed by atoms with Gasteiger partial charge >= 0.3 is 5.97 Å². The van der Waals surface area contributed by atoms with Gasteiger partial charge in [0.05, 0.1) is 5.57 Å². The van der Waals surface area contributed by atoms with Gasteiger partial charge in [0.15, 0.2) is 0 Å². The fourth-order valence-electron chi connectivity index (χ4n) is 2.06. The maximum Gasteiger partial charge on any atom is 0.339 e. The molecular formula is C15H17ClO2. The van der Waals surface area contributed by atoms with Crippen LogP contribution in [0.5, 0.6) is 0 Å². The summed E-state index contributed by atoms with van der Waals surface area (Å²) < 4.78 is 5.11. The van der Waals surface area contributed by atoms with Crippen molar-refractivity contribution in [1.82, 2.24) is 0 Å². The zero-order valence-corrected chi connectivity index (χ0v) is 11.4. The molecule has 1 atom stereocenters. The molecular weight excluding hydrogens is 248 g/mol. The Morgan fingerprint density at radius 3 is 2.56 bits per heavy atom. The van der Waals surface area contributed by atoms with E-state index in [1.165, 1.54) is 5.56 Å². The lowest BCUT2D eigenvalue weighted by molar-refractivity contribution is -0.159. The van der Waals surface area contributed by atoms with Gasteiger partial charge < -0.3 is 4.74 Å². The number of cyclic esters (lactones) is 1. The molecule has 1 fully saturated rings. The summed E-state index contributed by atoms with van der Waals surface area (Å²) in [7, 11) is 0. The Kier molecular flexibility index (Phi) is 4.07. The fraction of sp³-hybridized carbons (Fsp3) is 0.400. The molecule has 1 aliphatic heterocycles. The summed E-state index contributed by atoms with van der Waals surface area (Å²) in [5, 5.41) is 0.647. The average Bonchev–Trinajstić information content (AvgIpc) is 2.34. The van der Waals surface area contributed by atoms with E-state index in [0.29, 0.717) is 17.0 Å². The minimum absolute atomic E-state index is 0.124. The predicted molar refractivity (Wildman–Crippen MR) is 72.4 cm³/mol. The van der Waals surface area contributed by atoms with E-state index in [1.54, 1.807) is 0 Å². The van der Waals surface area contributed by atoms with E-state index >= 15 is 0 Å². The van der Waals surface area contributed by atoms with Gasteiger partial charge in [0.25, 0.3) is 0 Å². The first kappa shape index (κ1) is 13.2. The number of benzene rings is 1. The molecule has 1 aromatic carbocycles. The largest absolute Gasteiger partial charge is 0.453 e. The van der Waals surface area contributed by atoms with Gasteiger partial charge in [-0.15, -0.1) is 0 Å². The highest BCUT2D eigenvalue weighted by Crippen LogP contribution is 2.33. The summed E-state index contributed by atoms with van der Waals surface area (Å²) in [6.45, 7) is 4.05. The Balaban J connectivity index is 2.02. The van der Waals surface area contributed by atoms with Crippen LogP contribution in [-0.4, -0.2) is 12.1 Å². The van der Waals surface area contributed by atoms with E-state index in [2.05, 4.69) is 12.1 Å². The maximum absolute atomic E-state index is 11.4. The maximum atomic E-state index is 11.4. The number of halogens is 1. The van der Waals surface area contributed by atoms with Crippen LogP contribution in [0.25, 0.3) is 0 Å². The van der Waals surface area contributed by atoms with Crippen molar-refractivity contribution < 1.29 is 9.53 Å². The van der Waals surface area contributed by atoms with Crippen molar-refractivity contribution in [3.8, 4) is 0 Å². The first-order valence-corrected chi connectivity index (χ1v) is 6.61. The van der Waals surface area contributed by atoms with E-state index in [-0.39, 0.29) is 18.0 Å². The summed E-state index contributed by atoms with van der Waals surface area (Å²) in [4.78, 5) is 11.4. The Morgan fingerprint density at radius 1 is 1.33 bits per heavy atom. The van der Waals surface area contributed by atoms with Crippen LogP contribution in [0, 0.1) is 5.92 Å². The Bertz CT molecular complexity index is 463. The van der Waals surface area contributed by atoms with Gasteiger partial charge in [-0.1, -0.05) is 55.8 Å². The summed E-state index contributed by atoms with van der Waals surface area (Å²) in [5.41, 5.74) is 1.90. The van der Waals surface area contributed by atoms with Crippen molar-refractivity contribution in [1.29, 1.82) is 0 Å². The monoisotopic (exact) mass is 264 g/mol. The molecule has 1 aliphatic rings. The number of hydrogen-bond donors (Lipinski definition) is 0. The zero-order valence-electron chi connectivity index (χ0n) is 10.7. The van der Waals surface area contributed by atoms with Crippen molar-refractivity contribution in [2.24, 2.45) is 5.92 Å². The molecule has 0 amide bonds. The van der Waals surface area contributed by atoms with Crippen molar-refractivity contribution in [3.05, 3.63) is 46.5 Å². The second-order valence-corrected chi connectivity index (χ2v) is 5.33. The smallest absolute Gasteiger partial charge is 0.339 e. The molecule has 0 aromatic heterocycles. The lowest BCUT2D eigenvalue weighted by atomic mass is 9.92. The number of esters is 1. The number of carbonyl (C=O) groups is 1. The third kappa shape index (κ3) is 2.75. The van der Waals surface area contributed by atoms with E-state index in [9.17, 15) is 4.79 Å². The van der Waals surface area contributed by atoms with Crippen LogP contribution in [0.4, 0.5) is 0 Å².